The summed E-state index contributed by atoms with van der Waals surface area (Å²) in [5.41, 5.74) is 5.87. The zero-order valence-corrected chi connectivity index (χ0v) is 19.7. The first-order chi connectivity index (χ1) is 16.7. The second kappa shape index (κ2) is 7.58. The fraction of sp³-hybridized carbons (Fsp3) is 0.125. The highest BCUT2D eigenvalue weighted by molar-refractivity contribution is 6.27. The van der Waals surface area contributed by atoms with Crippen molar-refractivity contribution in [3.8, 4) is 22.3 Å². The second-order valence-corrected chi connectivity index (χ2v) is 9.48. The van der Waals surface area contributed by atoms with Crippen LogP contribution in [-0.2, 0) is 6.18 Å². The van der Waals surface area contributed by atoms with Crippen LogP contribution in [0.2, 0.25) is 0 Å². The summed E-state index contributed by atoms with van der Waals surface area (Å²) in [7, 11) is 0. The molecule has 0 saturated carbocycles. The minimum absolute atomic E-state index is 0.233. The van der Waals surface area contributed by atoms with Crippen LogP contribution in [0.4, 0.5) is 13.2 Å². The summed E-state index contributed by atoms with van der Waals surface area (Å²) in [6.45, 7) is 5.74. The molecule has 6 aromatic rings. The number of benzene rings is 6. The molecule has 0 radical (unpaired) electrons. The number of hydrogen-bond acceptors (Lipinski definition) is 0. The Kier molecular flexibility index (Phi) is 4.69. The molecule has 0 aliphatic heterocycles. The summed E-state index contributed by atoms with van der Waals surface area (Å²) in [5, 5.41) is 6.58. The van der Waals surface area contributed by atoms with Crippen molar-refractivity contribution in [2.45, 2.75) is 26.9 Å². The molecule has 0 heterocycles. The summed E-state index contributed by atoms with van der Waals surface area (Å²) >= 11 is 0. The summed E-state index contributed by atoms with van der Waals surface area (Å²) in [4.78, 5) is 0. The predicted molar refractivity (Wildman–Crippen MR) is 140 cm³/mol. The van der Waals surface area contributed by atoms with Crippen molar-refractivity contribution in [1.29, 1.82) is 0 Å². The number of alkyl halides is 3. The molecule has 0 bridgehead atoms. The maximum atomic E-state index is 13.6. The molecule has 6 aromatic carbocycles. The molecule has 3 heteroatoms. The number of halogens is 3. The summed E-state index contributed by atoms with van der Waals surface area (Å²) in [6.07, 6.45) is -4.38. The van der Waals surface area contributed by atoms with Crippen molar-refractivity contribution in [3.63, 3.8) is 0 Å². The van der Waals surface area contributed by atoms with Crippen LogP contribution in [0, 0.1) is 20.8 Å². The van der Waals surface area contributed by atoms with Gasteiger partial charge in [-0.05, 0) is 98.1 Å². The van der Waals surface area contributed by atoms with Gasteiger partial charge in [0.1, 0.15) is 0 Å². The largest absolute Gasteiger partial charge is 0.416 e. The van der Waals surface area contributed by atoms with Crippen LogP contribution in [0.5, 0.6) is 0 Å². The molecule has 0 saturated heterocycles. The van der Waals surface area contributed by atoms with Crippen LogP contribution in [0.3, 0.4) is 0 Å². The highest BCUT2D eigenvalue weighted by Gasteiger charge is 2.32. The van der Waals surface area contributed by atoms with Gasteiger partial charge < -0.3 is 0 Å². The van der Waals surface area contributed by atoms with Crippen LogP contribution in [0.1, 0.15) is 22.3 Å². The van der Waals surface area contributed by atoms with Crippen molar-refractivity contribution >= 4 is 32.3 Å². The molecule has 0 nitrogen and oxygen atoms in total. The maximum absolute atomic E-state index is 13.6. The minimum Gasteiger partial charge on any atom is -0.166 e. The number of rotatable bonds is 2. The summed E-state index contributed by atoms with van der Waals surface area (Å²) in [5.74, 6) is 0. The fourth-order valence-electron chi connectivity index (χ4n) is 5.31. The Morgan fingerprint density at radius 1 is 0.486 bits per heavy atom. The van der Waals surface area contributed by atoms with E-state index in [4.69, 9.17) is 0 Å². The van der Waals surface area contributed by atoms with Gasteiger partial charge in [-0.2, -0.15) is 13.2 Å². The molecule has 0 spiro atoms. The summed E-state index contributed by atoms with van der Waals surface area (Å²) < 4.78 is 40.9. The van der Waals surface area contributed by atoms with Crippen molar-refractivity contribution in [2.24, 2.45) is 0 Å². The average molecular weight is 465 g/mol. The molecule has 0 fully saturated rings. The highest BCUT2D eigenvalue weighted by atomic mass is 19.4. The molecule has 0 unspecified atom stereocenters. The normalized spacial score (nSPS) is 12.3. The Bertz CT molecular complexity index is 1760. The second-order valence-electron chi connectivity index (χ2n) is 9.48. The van der Waals surface area contributed by atoms with Gasteiger partial charge in [-0.1, -0.05) is 78.9 Å². The monoisotopic (exact) mass is 464 g/mol. The third-order valence-electron chi connectivity index (χ3n) is 7.34. The lowest BCUT2D eigenvalue weighted by Gasteiger charge is -2.18. The first kappa shape index (κ1) is 21.7. The molecule has 0 amide bonds. The number of aryl methyl sites for hydroxylation is 3. The van der Waals surface area contributed by atoms with Crippen molar-refractivity contribution in [3.05, 3.63) is 107 Å². The van der Waals surface area contributed by atoms with E-state index in [-0.39, 0.29) is 5.56 Å². The van der Waals surface area contributed by atoms with Crippen LogP contribution in [0.15, 0.2) is 84.9 Å². The van der Waals surface area contributed by atoms with Gasteiger partial charge in [-0.3, -0.25) is 0 Å². The molecule has 0 aliphatic rings. The lowest BCUT2D eigenvalue weighted by molar-refractivity contribution is -0.138. The zero-order chi connectivity index (χ0) is 24.5. The fourth-order valence-corrected chi connectivity index (χ4v) is 5.31. The van der Waals surface area contributed by atoms with E-state index < -0.39 is 11.7 Å². The predicted octanol–water partition coefficient (Wildman–Crippen LogP) is 9.86. The van der Waals surface area contributed by atoms with Gasteiger partial charge >= 0.3 is 6.18 Å². The standard InChI is InChI=1S/C32H23F3/c1-18-4-6-23(16-20(18)3)25-12-8-21-11-15-28-26(13-9-22-10-14-27(25)30(21)31(22)28)24-7-5-19(2)29(17-24)32(33,34)35/h4-17H,1-3H3. The first-order valence-corrected chi connectivity index (χ1v) is 11.7. The third kappa shape index (κ3) is 3.37. The third-order valence-corrected chi connectivity index (χ3v) is 7.34. The molecular weight excluding hydrogens is 441 g/mol. The van der Waals surface area contributed by atoms with E-state index in [1.54, 1.807) is 12.1 Å². The van der Waals surface area contributed by atoms with Gasteiger partial charge in [0.25, 0.3) is 0 Å². The first-order valence-electron chi connectivity index (χ1n) is 11.7. The smallest absolute Gasteiger partial charge is 0.166 e. The van der Waals surface area contributed by atoms with E-state index in [1.165, 1.54) is 29.7 Å². The molecule has 0 N–H and O–H groups in total. The summed E-state index contributed by atoms with van der Waals surface area (Å²) in [6, 6.07) is 27.8. The highest BCUT2D eigenvalue weighted by Crippen LogP contribution is 2.43. The lowest BCUT2D eigenvalue weighted by atomic mass is 9.86. The Hall–Kier alpha value is -3.85. The Labute approximate surface area is 202 Å². The van der Waals surface area contributed by atoms with Crippen LogP contribution in [-0.4, -0.2) is 0 Å². The Balaban J connectivity index is 1.66. The maximum Gasteiger partial charge on any atom is 0.416 e. The Morgan fingerprint density at radius 2 is 0.971 bits per heavy atom. The Morgan fingerprint density at radius 3 is 1.49 bits per heavy atom. The molecule has 35 heavy (non-hydrogen) atoms. The molecule has 0 atom stereocenters. The molecule has 0 aromatic heterocycles. The van der Waals surface area contributed by atoms with Crippen molar-refractivity contribution in [1.82, 2.24) is 0 Å². The van der Waals surface area contributed by atoms with E-state index in [0.717, 1.165) is 43.4 Å². The van der Waals surface area contributed by atoms with E-state index in [1.807, 2.05) is 18.2 Å². The van der Waals surface area contributed by atoms with E-state index in [0.29, 0.717) is 5.56 Å². The van der Waals surface area contributed by atoms with E-state index in [2.05, 4.69) is 62.4 Å². The number of hydrogen-bond donors (Lipinski definition) is 0. The molecular formula is C32H23F3. The van der Waals surface area contributed by atoms with Crippen LogP contribution >= 0.6 is 0 Å². The van der Waals surface area contributed by atoms with Gasteiger partial charge in [0.2, 0.25) is 0 Å². The topological polar surface area (TPSA) is 0 Å². The SMILES string of the molecule is Cc1ccc(-c2ccc3ccc4c(-c5ccc(C)c(C(F)(F)F)c5)ccc5ccc2c3c54)cc1C. The van der Waals surface area contributed by atoms with Gasteiger partial charge in [0.15, 0.2) is 0 Å². The van der Waals surface area contributed by atoms with Gasteiger partial charge in [0, 0.05) is 0 Å². The van der Waals surface area contributed by atoms with E-state index >= 15 is 0 Å². The van der Waals surface area contributed by atoms with Crippen LogP contribution < -0.4 is 0 Å². The quantitative estimate of drug-likeness (QED) is 0.224. The minimum atomic E-state index is -4.38. The van der Waals surface area contributed by atoms with Crippen molar-refractivity contribution < 1.29 is 13.2 Å². The van der Waals surface area contributed by atoms with Gasteiger partial charge in [-0.25, -0.2) is 0 Å². The molecule has 6 rings (SSSR count). The van der Waals surface area contributed by atoms with Gasteiger partial charge in [-0.15, -0.1) is 0 Å². The lowest BCUT2D eigenvalue weighted by Crippen LogP contribution is -2.07. The average Bonchev–Trinajstić information content (AvgIpc) is 2.84. The van der Waals surface area contributed by atoms with E-state index in [9.17, 15) is 13.2 Å². The zero-order valence-electron chi connectivity index (χ0n) is 19.7. The van der Waals surface area contributed by atoms with Gasteiger partial charge in [0.05, 0.1) is 5.56 Å². The van der Waals surface area contributed by atoms with Crippen molar-refractivity contribution in [2.75, 3.05) is 0 Å². The van der Waals surface area contributed by atoms with Crippen LogP contribution in [0.25, 0.3) is 54.6 Å². The molecule has 0 aliphatic carbocycles. The molecule has 172 valence electrons.